The van der Waals surface area contributed by atoms with Gasteiger partial charge in [0.1, 0.15) is 10.8 Å². The molecule has 21 heavy (non-hydrogen) atoms. The molecule has 0 fully saturated rings. The molecule has 0 radical (unpaired) electrons. The third kappa shape index (κ3) is 3.74. The van der Waals surface area contributed by atoms with E-state index in [1.54, 1.807) is 0 Å². The lowest BCUT2D eigenvalue weighted by atomic mass is 10.3. The Kier molecular flexibility index (Phi) is 5.20. The first-order valence-electron chi connectivity index (χ1n) is 6.50. The third-order valence-electron chi connectivity index (χ3n) is 2.91. The van der Waals surface area contributed by atoms with Crippen molar-refractivity contribution in [1.29, 1.82) is 0 Å². The summed E-state index contributed by atoms with van der Waals surface area (Å²) in [5.74, 6) is -0.513. The number of nitrogens with zero attached hydrogens (tertiary/aromatic N) is 2. The lowest BCUT2D eigenvalue weighted by Gasteiger charge is -2.10. The van der Waals surface area contributed by atoms with E-state index in [1.165, 1.54) is 29.1 Å². The maximum atomic E-state index is 13.1. The molecule has 0 spiro atoms. The van der Waals surface area contributed by atoms with Gasteiger partial charge in [0.15, 0.2) is 0 Å². The van der Waals surface area contributed by atoms with Crippen molar-refractivity contribution >= 4 is 34.6 Å². The number of nitrogens with one attached hydrogen (secondary N) is 1. The molecule has 0 atom stereocenters. The molecule has 0 aliphatic carbocycles. The molecular weight excluding hydrogens is 316 g/mol. The topological polar surface area (TPSA) is 46.9 Å². The van der Waals surface area contributed by atoms with Crippen molar-refractivity contribution in [1.82, 2.24) is 9.78 Å². The van der Waals surface area contributed by atoms with E-state index in [0.717, 1.165) is 12.8 Å². The van der Waals surface area contributed by atoms with E-state index in [0.29, 0.717) is 17.9 Å². The van der Waals surface area contributed by atoms with E-state index >= 15 is 0 Å². The predicted molar refractivity (Wildman–Crippen MR) is 83.1 cm³/mol. The molecule has 2 aromatic rings. The smallest absolute Gasteiger partial charge is 0.287 e. The monoisotopic (exact) mass is 329 g/mol. The number of unbranched alkanes of at least 4 members (excludes halogenated alkanes) is 1. The van der Waals surface area contributed by atoms with E-state index < -0.39 is 5.82 Å². The fraction of sp³-hybridized carbons (Fsp3) is 0.286. The summed E-state index contributed by atoms with van der Waals surface area (Å²) in [7, 11) is 0. The first-order chi connectivity index (χ1) is 10.0. The Hall–Kier alpha value is -1.59. The molecule has 0 aliphatic heterocycles. The number of anilines is 2. The third-order valence-corrected chi connectivity index (χ3v) is 3.56. The lowest BCUT2D eigenvalue weighted by molar-refractivity contribution is 0.543. The number of hydrogen-bond donors (Lipinski definition) is 1. The number of benzene rings is 1. The van der Waals surface area contributed by atoms with Crippen LogP contribution in [0.2, 0.25) is 10.0 Å². The van der Waals surface area contributed by atoms with Gasteiger partial charge in [0.25, 0.3) is 5.56 Å². The van der Waals surface area contributed by atoms with Gasteiger partial charge in [0.05, 0.1) is 16.9 Å². The predicted octanol–water partition coefficient (Wildman–Crippen LogP) is 4.23. The van der Waals surface area contributed by atoms with Gasteiger partial charge in [-0.2, -0.15) is 5.10 Å². The van der Waals surface area contributed by atoms with Gasteiger partial charge in [-0.25, -0.2) is 9.07 Å². The second kappa shape index (κ2) is 6.91. The highest BCUT2D eigenvalue weighted by atomic mass is 35.5. The van der Waals surface area contributed by atoms with Crippen LogP contribution in [0.4, 0.5) is 15.8 Å². The van der Waals surface area contributed by atoms with Crippen LogP contribution >= 0.6 is 23.2 Å². The summed E-state index contributed by atoms with van der Waals surface area (Å²) >= 11 is 11.8. The highest BCUT2D eigenvalue weighted by Crippen LogP contribution is 2.25. The van der Waals surface area contributed by atoms with E-state index in [9.17, 15) is 9.18 Å². The van der Waals surface area contributed by atoms with E-state index in [1.807, 2.05) is 6.92 Å². The van der Waals surface area contributed by atoms with Crippen molar-refractivity contribution in [2.75, 3.05) is 5.32 Å². The zero-order valence-electron chi connectivity index (χ0n) is 11.4. The molecule has 1 aromatic heterocycles. The van der Waals surface area contributed by atoms with Crippen LogP contribution < -0.4 is 10.9 Å². The maximum absolute atomic E-state index is 13.1. The molecule has 1 heterocycles. The molecule has 0 saturated carbocycles. The molecule has 1 aromatic carbocycles. The number of aromatic nitrogens is 2. The summed E-state index contributed by atoms with van der Waals surface area (Å²) in [5.41, 5.74) is 0.524. The fourth-order valence-electron chi connectivity index (χ4n) is 1.75. The highest BCUT2D eigenvalue weighted by Gasteiger charge is 2.10. The average Bonchev–Trinajstić information content (AvgIpc) is 2.47. The van der Waals surface area contributed by atoms with Gasteiger partial charge >= 0.3 is 0 Å². The Labute approximate surface area is 131 Å². The fourth-order valence-corrected chi connectivity index (χ4v) is 2.12. The Morgan fingerprint density at radius 2 is 2.14 bits per heavy atom. The highest BCUT2D eigenvalue weighted by molar-refractivity contribution is 6.33. The normalized spacial score (nSPS) is 10.7. The van der Waals surface area contributed by atoms with Crippen LogP contribution in [0, 0.1) is 5.82 Å². The Bertz CT molecular complexity index is 703. The zero-order chi connectivity index (χ0) is 15.4. The Morgan fingerprint density at radius 1 is 1.38 bits per heavy atom. The SMILES string of the molecule is CCCCn1ncc(Nc2ccc(F)c(Cl)c2)c(Cl)c1=O. The standard InChI is InChI=1S/C14H14Cl2FN3O/c1-2-3-6-20-14(21)13(16)12(8-18-20)19-9-4-5-11(17)10(15)7-9/h4-5,7-8,19H,2-3,6H2,1H3. The molecule has 7 heteroatoms. The molecular formula is C14H14Cl2FN3O. The first-order valence-corrected chi connectivity index (χ1v) is 7.26. The second-order valence-corrected chi connectivity index (χ2v) is 5.29. The summed E-state index contributed by atoms with van der Waals surface area (Å²) in [6.45, 7) is 2.55. The maximum Gasteiger partial charge on any atom is 0.287 e. The molecule has 112 valence electrons. The van der Waals surface area contributed by atoms with Crippen molar-refractivity contribution in [3.63, 3.8) is 0 Å². The second-order valence-electron chi connectivity index (χ2n) is 4.51. The zero-order valence-corrected chi connectivity index (χ0v) is 12.9. The summed E-state index contributed by atoms with van der Waals surface area (Å²) in [6.07, 6.45) is 3.28. The number of halogens is 3. The molecule has 0 amide bonds. The molecule has 1 N–H and O–H groups in total. The number of hydrogen-bond acceptors (Lipinski definition) is 3. The van der Waals surface area contributed by atoms with E-state index in [2.05, 4.69) is 10.4 Å². The van der Waals surface area contributed by atoms with E-state index in [-0.39, 0.29) is 15.6 Å². The van der Waals surface area contributed by atoms with Gasteiger partial charge in [0, 0.05) is 12.2 Å². The van der Waals surface area contributed by atoms with Gasteiger partial charge in [-0.3, -0.25) is 4.79 Å². The summed E-state index contributed by atoms with van der Waals surface area (Å²) < 4.78 is 14.4. The van der Waals surface area contributed by atoms with Crippen LogP contribution in [0.3, 0.4) is 0 Å². The molecule has 0 aliphatic rings. The van der Waals surface area contributed by atoms with Gasteiger partial charge in [-0.1, -0.05) is 36.5 Å². The van der Waals surface area contributed by atoms with Gasteiger partial charge in [0.2, 0.25) is 0 Å². The van der Waals surface area contributed by atoms with Crippen molar-refractivity contribution in [2.24, 2.45) is 0 Å². The van der Waals surface area contributed by atoms with Crippen molar-refractivity contribution in [3.05, 3.63) is 50.6 Å². The Morgan fingerprint density at radius 3 is 2.81 bits per heavy atom. The van der Waals surface area contributed by atoms with Crippen LogP contribution in [0.25, 0.3) is 0 Å². The van der Waals surface area contributed by atoms with Crippen molar-refractivity contribution in [2.45, 2.75) is 26.3 Å². The molecule has 0 bridgehead atoms. The van der Waals surface area contributed by atoms with Crippen LogP contribution in [0.15, 0.2) is 29.2 Å². The van der Waals surface area contributed by atoms with Crippen LogP contribution in [0.1, 0.15) is 19.8 Å². The quantitative estimate of drug-likeness (QED) is 0.892. The van der Waals surface area contributed by atoms with Crippen molar-refractivity contribution < 1.29 is 4.39 Å². The first kappa shape index (κ1) is 15.8. The van der Waals surface area contributed by atoms with Crippen LogP contribution in [-0.4, -0.2) is 9.78 Å². The molecule has 0 saturated heterocycles. The van der Waals surface area contributed by atoms with E-state index in [4.69, 9.17) is 23.2 Å². The molecule has 4 nitrogen and oxygen atoms in total. The van der Waals surface area contributed by atoms with Crippen LogP contribution in [0.5, 0.6) is 0 Å². The lowest BCUT2D eigenvalue weighted by Crippen LogP contribution is -2.24. The molecule has 2 rings (SSSR count). The van der Waals surface area contributed by atoms with Gasteiger partial charge in [-0.05, 0) is 24.6 Å². The average molecular weight is 330 g/mol. The molecule has 0 unspecified atom stereocenters. The minimum absolute atomic E-state index is 0.0135. The van der Waals surface area contributed by atoms with Crippen molar-refractivity contribution in [3.8, 4) is 0 Å². The minimum atomic E-state index is -0.513. The summed E-state index contributed by atoms with van der Waals surface area (Å²) in [6, 6.07) is 4.14. The number of rotatable bonds is 5. The Balaban J connectivity index is 2.26. The van der Waals surface area contributed by atoms with Gasteiger partial charge < -0.3 is 5.32 Å². The minimum Gasteiger partial charge on any atom is -0.353 e. The largest absolute Gasteiger partial charge is 0.353 e. The van der Waals surface area contributed by atoms with Gasteiger partial charge in [-0.15, -0.1) is 0 Å². The number of aryl methyl sites for hydroxylation is 1. The van der Waals surface area contributed by atoms with Crippen LogP contribution in [-0.2, 0) is 6.54 Å². The summed E-state index contributed by atoms with van der Waals surface area (Å²) in [4.78, 5) is 12.0. The summed E-state index contributed by atoms with van der Waals surface area (Å²) in [5, 5.41) is 7.00.